The van der Waals surface area contributed by atoms with Crippen LogP contribution < -0.4 is 10.2 Å². The zero-order chi connectivity index (χ0) is 17.7. The van der Waals surface area contributed by atoms with E-state index in [1.807, 2.05) is 60.7 Å². The molecule has 26 heavy (non-hydrogen) atoms. The number of ether oxygens (including phenoxy) is 1. The Kier molecular flexibility index (Phi) is 3.27. The van der Waals surface area contributed by atoms with E-state index in [0.717, 1.165) is 5.69 Å². The first-order chi connectivity index (χ1) is 12.7. The summed E-state index contributed by atoms with van der Waals surface area (Å²) >= 11 is 0. The highest BCUT2D eigenvalue weighted by atomic mass is 16.5. The van der Waals surface area contributed by atoms with Crippen LogP contribution in [0.25, 0.3) is 0 Å². The highest BCUT2D eigenvalue weighted by molar-refractivity contribution is 6.23. The van der Waals surface area contributed by atoms with Crippen LogP contribution >= 0.6 is 0 Å². The molecule has 130 valence electrons. The summed E-state index contributed by atoms with van der Waals surface area (Å²) in [7, 11) is 0. The van der Waals surface area contributed by atoms with Gasteiger partial charge in [-0.05, 0) is 24.3 Å². The van der Waals surface area contributed by atoms with Gasteiger partial charge in [0.1, 0.15) is 5.60 Å². The summed E-state index contributed by atoms with van der Waals surface area (Å²) in [5, 5.41) is 3.35. The van der Waals surface area contributed by atoms with Crippen molar-refractivity contribution in [3.8, 4) is 0 Å². The molecule has 2 amide bonds. The highest BCUT2D eigenvalue weighted by Gasteiger charge is 2.67. The van der Waals surface area contributed by atoms with Gasteiger partial charge in [0.15, 0.2) is 0 Å². The van der Waals surface area contributed by atoms with Crippen molar-refractivity contribution in [2.75, 3.05) is 16.8 Å². The Morgan fingerprint density at radius 2 is 1.65 bits per heavy atom. The third kappa shape index (κ3) is 2.07. The van der Waals surface area contributed by atoms with E-state index in [1.54, 1.807) is 12.1 Å². The topological polar surface area (TPSA) is 58.6 Å². The van der Waals surface area contributed by atoms with Crippen LogP contribution in [0.4, 0.5) is 11.4 Å². The molecule has 2 fully saturated rings. The van der Waals surface area contributed by atoms with Crippen molar-refractivity contribution in [1.82, 2.24) is 0 Å². The zero-order valence-corrected chi connectivity index (χ0v) is 14.0. The molecule has 2 aromatic rings. The second kappa shape index (κ2) is 5.54. The number of para-hydroxylation sites is 2. The van der Waals surface area contributed by atoms with E-state index >= 15 is 0 Å². The summed E-state index contributed by atoms with van der Waals surface area (Å²) in [5.74, 6) is -1.26. The summed E-state index contributed by atoms with van der Waals surface area (Å²) in [6, 6.07) is 18.9. The maximum Gasteiger partial charge on any atom is 0.241 e. The van der Waals surface area contributed by atoms with Crippen molar-refractivity contribution in [2.24, 2.45) is 11.8 Å². The Balaban J connectivity index is 1.46. The smallest absolute Gasteiger partial charge is 0.241 e. The summed E-state index contributed by atoms with van der Waals surface area (Å²) in [5.41, 5.74) is 0.812. The van der Waals surface area contributed by atoms with E-state index in [2.05, 4.69) is 5.32 Å². The van der Waals surface area contributed by atoms with Gasteiger partial charge in [-0.15, -0.1) is 0 Å². The lowest BCUT2D eigenvalue weighted by molar-refractivity contribution is -0.126. The summed E-state index contributed by atoms with van der Waals surface area (Å²) < 4.78 is 6.13. The maximum atomic E-state index is 13.2. The molecule has 3 aliphatic heterocycles. The molecular weight excluding hydrogens is 328 g/mol. The van der Waals surface area contributed by atoms with Crippen molar-refractivity contribution in [2.45, 2.75) is 11.7 Å². The zero-order valence-electron chi connectivity index (χ0n) is 14.0. The lowest BCUT2D eigenvalue weighted by atomic mass is 9.77. The van der Waals surface area contributed by atoms with Gasteiger partial charge in [-0.25, -0.2) is 4.90 Å². The number of rotatable bonds is 4. The van der Waals surface area contributed by atoms with Crippen LogP contribution in [0.1, 0.15) is 0 Å². The number of carbonyl (C=O) groups is 2. The molecule has 0 spiro atoms. The van der Waals surface area contributed by atoms with Crippen LogP contribution in [-0.2, 0) is 14.3 Å². The molecule has 0 radical (unpaired) electrons. The molecule has 2 bridgehead atoms. The molecule has 5 nitrogen and oxygen atoms in total. The SMILES string of the molecule is O=C1[C@@H]2[C@@H]3C=C[C@@](CNc4ccccc4)(O3)[C@H]2C(=O)N1c1ccccc1. The Morgan fingerprint density at radius 3 is 2.38 bits per heavy atom. The molecule has 0 aliphatic carbocycles. The van der Waals surface area contributed by atoms with Gasteiger partial charge in [-0.2, -0.15) is 0 Å². The highest BCUT2D eigenvalue weighted by Crippen LogP contribution is 2.52. The first kappa shape index (κ1) is 15.3. The molecular formula is C21H18N2O3. The van der Waals surface area contributed by atoms with Crippen molar-refractivity contribution in [1.29, 1.82) is 0 Å². The predicted molar refractivity (Wildman–Crippen MR) is 97.6 cm³/mol. The fourth-order valence-corrected chi connectivity index (χ4v) is 4.33. The van der Waals surface area contributed by atoms with Crippen molar-refractivity contribution >= 4 is 23.2 Å². The number of anilines is 2. The minimum atomic E-state index is -0.776. The molecule has 2 saturated heterocycles. The third-order valence-corrected chi connectivity index (χ3v) is 5.51. The summed E-state index contributed by atoms with van der Waals surface area (Å²) in [6.07, 6.45) is 3.55. The quantitative estimate of drug-likeness (QED) is 0.683. The number of benzene rings is 2. The van der Waals surface area contributed by atoms with Crippen LogP contribution in [0.3, 0.4) is 0 Å². The van der Waals surface area contributed by atoms with Crippen LogP contribution in [0.2, 0.25) is 0 Å². The van der Waals surface area contributed by atoms with Gasteiger partial charge in [0, 0.05) is 12.2 Å². The van der Waals surface area contributed by atoms with Gasteiger partial charge >= 0.3 is 0 Å². The van der Waals surface area contributed by atoms with Crippen LogP contribution in [0.5, 0.6) is 0 Å². The lowest BCUT2D eigenvalue weighted by Crippen LogP contribution is -2.45. The van der Waals surface area contributed by atoms with Gasteiger partial charge in [0.25, 0.3) is 0 Å². The number of fused-ring (bicyclic) bond motifs is 5. The average Bonchev–Trinajstić information content (AvgIpc) is 3.32. The lowest BCUT2D eigenvalue weighted by Gasteiger charge is -2.29. The van der Waals surface area contributed by atoms with E-state index in [4.69, 9.17) is 4.74 Å². The molecule has 5 rings (SSSR count). The third-order valence-electron chi connectivity index (χ3n) is 5.51. The van der Waals surface area contributed by atoms with Crippen molar-refractivity contribution in [3.05, 3.63) is 72.8 Å². The normalized spacial score (nSPS) is 31.5. The number of amides is 2. The fourth-order valence-electron chi connectivity index (χ4n) is 4.33. The Bertz CT molecular complexity index is 896. The fraction of sp³-hybridized carbons (Fsp3) is 0.238. The monoisotopic (exact) mass is 346 g/mol. The van der Waals surface area contributed by atoms with Gasteiger partial charge in [0.05, 0.1) is 23.6 Å². The summed E-state index contributed by atoms with van der Waals surface area (Å²) in [4.78, 5) is 27.5. The van der Waals surface area contributed by atoms with Crippen LogP contribution in [0.15, 0.2) is 72.8 Å². The van der Waals surface area contributed by atoms with Crippen LogP contribution in [0, 0.1) is 11.8 Å². The molecule has 4 atom stereocenters. The first-order valence-corrected chi connectivity index (χ1v) is 8.79. The Hall–Kier alpha value is -2.92. The number of carbonyl (C=O) groups excluding carboxylic acids is 2. The first-order valence-electron chi connectivity index (χ1n) is 8.79. The standard InChI is InChI=1S/C21H18N2O3/c24-19-17-16-11-12-21(26-16,13-22-14-7-3-1-4-8-14)18(17)20(25)23(19)15-9-5-2-6-10-15/h1-12,16-18,22H,13H2/t16-,17+,18+,21-/m0/s1. The van der Waals surface area contributed by atoms with Gasteiger partial charge in [0.2, 0.25) is 11.8 Å². The Labute approximate surface area is 151 Å². The number of nitrogens with zero attached hydrogens (tertiary/aromatic N) is 1. The second-order valence-electron chi connectivity index (χ2n) is 6.97. The largest absolute Gasteiger partial charge is 0.382 e. The molecule has 0 unspecified atom stereocenters. The maximum absolute atomic E-state index is 13.2. The van der Waals surface area contributed by atoms with Crippen molar-refractivity contribution < 1.29 is 14.3 Å². The van der Waals surface area contributed by atoms with Gasteiger partial charge < -0.3 is 10.1 Å². The molecule has 3 aliphatic rings. The minimum absolute atomic E-state index is 0.165. The van der Waals surface area contributed by atoms with E-state index < -0.39 is 17.4 Å². The second-order valence-corrected chi connectivity index (χ2v) is 6.97. The molecule has 3 heterocycles. The number of hydrogen-bond donors (Lipinski definition) is 1. The van der Waals surface area contributed by atoms with Crippen molar-refractivity contribution in [3.63, 3.8) is 0 Å². The minimum Gasteiger partial charge on any atom is -0.382 e. The van der Waals surface area contributed by atoms with E-state index in [0.29, 0.717) is 12.2 Å². The molecule has 0 saturated carbocycles. The molecule has 1 N–H and O–H groups in total. The van der Waals surface area contributed by atoms with Gasteiger partial charge in [-0.1, -0.05) is 48.6 Å². The number of nitrogens with one attached hydrogen (secondary N) is 1. The Morgan fingerprint density at radius 1 is 0.962 bits per heavy atom. The van der Waals surface area contributed by atoms with E-state index in [-0.39, 0.29) is 17.9 Å². The van der Waals surface area contributed by atoms with Gasteiger partial charge in [-0.3, -0.25) is 9.59 Å². The number of imide groups is 1. The molecule has 5 heteroatoms. The predicted octanol–water partition coefficient (Wildman–Crippen LogP) is 2.61. The average molecular weight is 346 g/mol. The molecule has 2 aromatic carbocycles. The van der Waals surface area contributed by atoms with E-state index in [9.17, 15) is 9.59 Å². The van der Waals surface area contributed by atoms with E-state index in [1.165, 1.54) is 4.90 Å². The molecule has 0 aromatic heterocycles. The number of hydrogen-bond acceptors (Lipinski definition) is 4. The summed E-state index contributed by atoms with van der Waals surface area (Å²) in [6.45, 7) is 0.451. The van der Waals surface area contributed by atoms with Crippen LogP contribution in [-0.4, -0.2) is 30.1 Å².